The number of carboxylic acids is 1. The maximum atomic E-state index is 15.7. The molecule has 0 amide bonds. The molecule has 1 aliphatic rings. The fraction of sp³-hybridized carbons (Fsp3) is 0.395. The van der Waals surface area contributed by atoms with Crippen LogP contribution in [0.15, 0.2) is 70.6 Å². The number of carbonyl (C=O) groups is 1. The second-order valence-electron chi connectivity index (χ2n) is 14.0. The average Bonchev–Trinajstić information content (AvgIpc) is 3.67. The normalized spacial score (nSPS) is 19.3. The molecule has 2 atom stereocenters. The highest BCUT2D eigenvalue weighted by molar-refractivity contribution is 7.99. The van der Waals surface area contributed by atoms with E-state index in [1.165, 1.54) is 17.8 Å². The first-order chi connectivity index (χ1) is 22.8. The van der Waals surface area contributed by atoms with Crippen LogP contribution in [0.3, 0.4) is 0 Å². The largest absolute Gasteiger partial charge is 0.481 e. The molecule has 0 radical (unpaired) electrons. The number of aromatic amines is 1. The van der Waals surface area contributed by atoms with Crippen molar-refractivity contribution in [2.45, 2.75) is 75.0 Å². The standard InChI is InChI=1S/C38H42F2N4O2S2/c1-23(35(45)46)18-24-8-6-9-25(19-24)38(4)15-7-14-37(2,3)22-47-17-13-28-27-12-16-41-32(27)21-31(40)33(28)48-26-10-11-30(39)29(20-26)34-42-36(38)43-44(34)5/h6,8-12,16,19-21,23,41H,7,13-15,17-18,22H2,1-5H3,(H,45,46)/t23?,38-/m1/s1. The van der Waals surface area contributed by atoms with Gasteiger partial charge in [-0.05, 0) is 96.5 Å². The molecule has 6 rings (SSSR count). The maximum absolute atomic E-state index is 15.7. The highest BCUT2D eigenvalue weighted by Gasteiger charge is 2.35. The second kappa shape index (κ2) is 13.7. The number of hydrogen-bond acceptors (Lipinski definition) is 5. The van der Waals surface area contributed by atoms with Gasteiger partial charge in [0, 0.05) is 29.0 Å². The van der Waals surface area contributed by atoms with Gasteiger partial charge in [-0.2, -0.15) is 16.9 Å². The highest BCUT2D eigenvalue weighted by Crippen LogP contribution is 2.42. The average molecular weight is 689 g/mol. The number of halogens is 2. The summed E-state index contributed by atoms with van der Waals surface area (Å²) in [5.74, 6) is 0.728. The van der Waals surface area contributed by atoms with Crippen LogP contribution >= 0.6 is 23.5 Å². The van der Waals surface area contributed by atoms with Crippen molar-refractivity contribution in [1.29, 1.82) is 0 Å². The second-order valence-corrected chi connectivity index (χ2v) is 16.2. The first-order valence-electron chi connectivity index (χ1n) is 16.4. The SMILES string of the molecule is CC(Cc1cccc([C@@]2(C)CCCC(C)(C)CSCCc3c(c(F)cc4[nH]ccc34)Sc3ccc(F)c(c3)-c3nc2nn3C)c1)C(=O)O. The third kappa shape index (κ3) is 7.06. The number of thioether (sulfide) groups is 1. The minimum atomic E-state index is -0.828. The molecule has 1 aliphatic heterocycles. The summed E-state index contributed by atoms with van der Waals surface area (Å²) in [7, 11) is 1.77. The molecule has 2 aromatic heterocycles. The maximum Gasteiger partial charge on any atom is 0.306 e. The Hall–Kier alpha value is -3.63. The van der Waals surface area contributed by atoms with E-state index in [0.717, 1.165) is 58.4 Å². The number of benzene rings is 3. The van der Waals surface area contributed by atoms with E-state index >= 15 is 8.78 Å². The molecule has 252 valence electrons. The molecule has 3 aromatic carbocycles. The minimum absolute atomic E-state index is 0.0575. The van der Waals surface area contributed by atoms with Gasteiger partial charge in [0.1, 0.15) is 11.6 Å². The summed E-state index contributed by atoms with van der Waals surface area (Å²) in [6, 6.07) is 16.5. The van der Waals surface area contributed by atoms with Gasteiger partial charge in [0.2, 0.25) is 0 Å². The topological polar surface area (TPSA) is 83.8 Å². The molecule has 10 heteroatoms. The summed E-state index contributed by atoms with van der Waals surface area (Å²) in [6.07, 6.45) is 5.62. The number of fused-ring (bicyclic) bond motifs is 8. The van der Waals surface area contributed by atoms with Crippen LogP contribution in [0, 0.1) is 23.0 Å². The van der Waals surface area contributed by atoms with Gasteiger partial charge in [-0.1, -0.05) is 63.2 Å². The van der Waals surface area contributed by atoms with E-state index in [1.54, 1.807) is 36.9 Å². The van der Waals surface area contributed by atoms with Gasteiger partial charge in [0.25, 0.3) is 0 Å². The van der Waals surface area contributed by atoms with Crippen LogP contribution < -0.4 is 0 Å². The van der Waals surface area contributed by atoms with Crippen LogP contribution in [0.2, 0.25) is 0 Å². The van der Waals surface area contributed by atoms with Crippen molar-refractivity contribution >= 4 is 40.4 Å². The molecule has 48 heavy (non-hydrogen) atoms. The van der Waals surface area contributed by atoms with Crippen molar-refractivity contribution in [2.75, 3.05) is 11.5 Å². The molecule has 2 N–H and O–H groups in total. The zero-order chi connectivity index (χ0) is 34.2. The molecule has 0 fully saturated rings. The van der Waals surface area contributed by atoms with Crippen molar-refractivity contribution < 1.29 is 18.7 Å². The zero-order valence-corrected chi connectivity index (χ0v) is 29.7. The van der Waals surface area contributed by atoms with Gasteiger partial charge in [0.15, 0.2) is 11.6 Å². The number of aryl methyl sites for hydroxylation is 2. The smallest absolute Gasteiger partial charge is 0.306 e. The molecule has 0 saturated heterocycles. The third-order valence-corrected chi connectivity index (χ3v) is 12.2. The van der Waals surface area contributed by atoms with Crippen LogP contribution in [0.4, 0.5) is 8.78 Å². The van der Waals surface area contributed by atoms with E-state index in [2.05, 4.69) is 37.9 Å². The number of hydrogen-bond donors (Lipinski definition) is 2. The Kier molecular flexibility index (Phi) is 9.78. The summed E-state index contributed by atoms with van der Waals surface area (Å²) in [6.45, 7) is 8.44. The summed E-state index contributed by atoms with van der Waals surface area (Å²) in [4.78, 5) is 21.1. The monoisotopic (exact) mass is 688 g/mol. The lowest BCUT2D eigenvalue weighted by molar-refractivity contribution is -0.141. The van der Waals surface area contributed by atoms with E-state index in [1.807, 2.05) is 36.2 Å². The number of nitrogens with one attached hydrogen (secondary N) is 1. The molecule has 1 unspecified atom stereocenters. The summed E-state index contributed by atoms with van der Waals surface area (Å²) >= 11 is 3.21. The molecule has 0 aliphatic carbocycles. The van der Waals surface area contributed by atoms with E-state index in [0.29, 0.717) is 39.8 Å². The Balaban J connectivity index is 1.46. The zero-order valence-electron chi connectivity index (χ0n) is 28.1. The van der Waals surface area contributed by atoms with Gasteiger partial charge >= 0.3 is 5.97 Å². The van der Waals surface area contributed by atoms with E-state index in [4.69, 9.17) is 10.1 Å². The fourth-order valence-corrected chi connectivity index (χ4v) is 8.90. The van der Waals surface area contributed by atoms with Crippen LogP contribution in [0.25, 0.3) is 22.3 Å². The number of nitrogens with zero attached hydrogens (tertiary/aromatic N) is 3. The first kappa shape index (κ1) is 34.2. The Labute approximate surface area is 289 Å². The van der Waals surface area contributed by atoms with Crippen molar-refractivity contribution in [3.8, 4) is 11.4 Å². The predicted molar refractivity (Wildman–Crippen MR) is 191 cm³/mol. The lowest BCUT2D eigenvalue weighted by Gasteiger charge is -2.31. The number of aliphatic carboxylic acids is 1. The third-order valence-electron chi connectivity index (χ3n) is 9.57. The highest BCUT2D eigenvalue weighted by atomic mass is 32.2. The molecule has 4 bridgehead atoms. The fourth-order valence-electron chi connectivity index (χ4n) is 6.67. The van der Waals surface area contributed by atoms with Crippen molar-refractivity contribution in [3.05, 3.63) is 94.9 Å². The van der Waals surface area contributed by atoms with Gasteiger partial charge in [0.05, 0.1) is 21.8 Å². The van der Waals surface area contributed by atoms with Crippen molar-refractivity contribution in [3.63, 3.8) is 0 Å². The molecule has 0 saturated carbocycles. The van der Waals surface area contributed by atoms with Gasteiger partial charge in [-0.3, -0.25) is 4.79 Å². The summed E-state index contributed by atoms with van der Waals surface area (Å²) in [5.41, 5.74) is 3.43. The quantitative estimate of drug-likeness (QED) is 0.196. The molecular weight excluding hydrogens is 647 g/mol. The van der Waals surface area contributed by atoms with Crippen LogP contribution in [-0.2, 0) is 30.1 Å². The number of carboxylic acid groups (broad SMARTS) is 1. The predicted octanol–water partition coefficient (Wildman–Crippen LogP) is 9.45. The molecule has 6 nitrogen and oxygen atoms in total. The van der Waals surface area contributed by atoms with Crippen molar-refractivity contribution in [1.82, 2.24) is 19.7 Å². The molecule has 3 heterocycles. The van der Waals surface area contributed by atoms with Crippen LogP contribution in [0.5, 0.6) is 0 Å². The lowest BCUT2D eigenvalue weighted by Crippen LogP contribution is -2.27. The Bertz CT molecular complexity index is 1970. The number of H-pyrrole nitrogens is 1. The first-order valence-corrected chi connectivity index (χ1v) is 18.4. The van der Waals surface area contributed by atoms with E-state index in [-0.39, 0.29) is 11.2 Å². The minimum Gasteiger partial charge on any atom is -0.481 e. The van der Waals surface area contributed by atoms with E-state index in [9.17, 15) is 9.90 Å². The van der Waals surface area contributed by atoms with E-state index < -0.39 is 23.1 Å². The Morgan fingerprint density at radius 3 is 2.69 bits per heavy atom. The Morgan fingerprint density at radius 1 is 1.08 bits per heavy atom. The molecule has 0 spiro atoms. The summed E-state index contributed by atoms with van der Waals surface area (Å²) in [5, 5.41) is 15.4. The lowest BCUT2D eigenvalue weighted by atomic mass is 9.75. The number of rotatable bonds is 4. The van der Waals surface area contributed by atoms with Crippen LogP contribution in [-0.4, -0.2) is 42.3 Å². The summed E-state index contributed by atoms with van der Waals surface area (Å²) < 4.78 is 33.0. The molecule has 5 aromatic rings. The Morgan fingerprint density at radius 2 is 1.90 bits per heavy atom. The van der Waals surface area contributed by atoms with Gasteiger partial charge in [-0.15, -0.1) is 0 Å². The van der Waals surface area contributed by atoms with Gasteiger partial charge < -0.3 is 10.1 Å². The van der Waals surface area contributed by atoms with Crippen molar-refractivity contribution in [2.24, 2.45) is 18.4 Å². The molecular formula is C38H42F2N4O2S2. The number of aromatic nitrogens is 4. The van der Waals surface area contributed by atoms with Crippen LogP contribution in [0.1, 0.15) is 69.5 Å². The van der Waals surface area contributed by atoms with Gasteiger partial charge in [-0.25, -0.2) is 18.4 Å².